The number of amides is 1. The van der Waals surface area contributed by atoms with Crippen molar-refractivity contribution in [2.24, 2.45) is 5.92 Å². The molecule has 0 saturated carbocycles. The molecule has 1 amide bonds. The van der Waals surface area contributed by atoms with E-state index in [2.05, 4.69) is 5.32 Å². The molecule has 2 rings (SSSR count). The van der Waals surface area contributed by atoms with Crippen molar-refractivity contribution in [1.29, 1.82) is 0 Å². The number of para-hydroxylation sites is 1. The molecule has 0 aromatic heterocycles. The number of rotatable bonds is 3. The average Bonchev–Trinajstić information content (AvgIpc) is 2.84. The van der Waals surface area contributed by atoms with Gasteiger partial charge in [-0.05, 0) is 19.0 Å². The van der Waals surface area contributed by atoms with Crippen molar-refractivity contribution in [1.82, 2.24) is 10.2 Å². The molecular formula is C13H18N2O2. The van der Waals surface area contributed by atoms with Gasteiger partial charge in [0.05, 0.1) is 5.92 Å². The normalized spacial score (nSPS) is 19.2. The zero-order valence-electron chi connectivity index (χ0n) is 10.0. The van der Waals surface area contributed by atoms with Crippen LogP contribution in [0.3, 0.4) is 0 Å². The highest BCUT2D eigenvalue weighted by molar-refractivity contribution is 5.79. The lowest BCUT2D eigenvalue weighted by Gasteiger charge is -2.21. The van der Waals surface area contributed by atoms with Gasteiger partial charge >= 0.3 is 0 Å². The molecule has 1 aliphatic rings. The van der Waals surface area contributed by atoms with Gasteiger partial charge in [0.25, 0.3) is 0 Å². The third-order valence-electron chi connectivity index (χ3n) is 3.18. The van der Waals surface area contributed by atoms with E-state index in [1.165, 1.54) is 0 Å². The van der Waals surface area contributed by atoms with Crippen LogP contribution >= 0.6 is 0 Å². The number of benzene rings is 1. The lowest BCUT2D eigenvalue weighted by Crippen LogP contribution is -2.33. The van der Waals surface area contributed by atoms with Gasteiger partial charge < -0.3 is 15.3 Å². The van der Waals surface area contributed by atoms with Crippen molar-refractivity contribution in [2.75, 3.05) is 20.1 Å². The summed E-state index contributed by atoms with van der Waals surface area (Å²) in [6.07, 6.45) is 0.907. The fourth-order valence-corrected chi connectivity index (χ4v) is 2.16. The summed E-state index contributed by atoms with van der Waals surface area (Å²) in [7, 11) is 1.78. The van der Waals surface area contributed by atoms with Gasteiger partial charge in [-0.1, -0.05) is 18.2 Å². The molecule has 1 aromatic rings. The maximum atomic E-state index is 12.1. The Hall–Kier alpha value is -1.55. The van der Waals surface area contributed by atoms with E-state index in [-0.39, 0.29) is 17.6 Å². The Kier molecular flexibility index (Phi) is 3.64. The molecule has 4 nitrogen and oxygen atoms in total. The number of phenols is 1. The molecule has 92 valence electrons. The third kappa shape index (κ3) is 2.77. The zero-order chi connectivity index (χ0) is 12.3. The van der Waals surface area contributed by atoms with Crippen molar-refractivity contribution >= 4 is 5.91 Å². The van der Waals surface area contributed by atoms with Crippen LogP contribution in [-0.4, -0.2) is 36.1 Å². The molecule has 1 aromatic carbocycles. The lowest BCUT2D eigenvalue weighted by atomic mass is 10.1. The summed E-state index contributed by atoms with van der Waals surface area (Å²) >= 11 is 0. The van der Waals surface area contributed by atoms with Crippen LogP contribution in [0.1, 0.15) is 12.0 Å². The van der Waals surface area contributed by atoms with Crippen molar-refractivity contribution in [3.05, 3.63) is 29.8 Å². The standard InChI is InChI=1S/C13H18N2O2/c1-15(13(17)10-6-7-14-8-10)9-11-4-2-3-5-12(11)16/h2-5,10,14,16H,6-9H2,1H3. The lowest BCUT2D eigenvalue weighted by molar-refractivity contribution is -0.134. The van der Waals surface area contributed by atoms with Gasteiger partial charge in [-0.25, -0.2) is 0 Å². The van der Waals surface area contributed by atoms with E-state index in [4.69, 9.17) is 0 Å². The molecule has 1 unspecified atom stereocenters. The molecule has 1 heterocycles. The van der Waals surface area contributed by atoms with Crippen molar-refractivity contribution in [2.45, 2.75) is 13.0 Å². The zero-order valence-corrected chi connectivity index (χ0v) is 10.0. The summed E-state index contributed by atoms with van der Waals surface area (Å²) in [5, 5.41) is 12.8. The van der Waals surface area contributed by atoms with Crippen molar-refractivity contribution in [3.63, 3.8) is 0 Å². The second kappa shape index (κ2) is 5.19. The minimum Gasteiger partial charge on any atom is -0.508 e. The van der Waals surface area contributed by atoms with E-state index in [0.717, 1.165) is 25.1 Å². The van der Waals surface area contributed by atoms with E-state index in [1.807, 2.05) is 12.1 Å². The molecule has 4 heteroatoms. The first-order valence-electron chi connectivity index (χ1n) is 5.91. The van der Waals surface area contributed by atoms with Gasteiger partial charge in [-0.2, -0.15) is 0 Å². The largest absolute Gasteiger partial charge is 0.508 e. The van der Waals surface area contributed by atoms with Crippen LogP contribution in [0.5, 0.6) is 5.75 Å². The van der Waals surface area contributed by atoms with Crippen LogP contribution in [0.4, 0.5) is 0 Å². The molecule has 1 saturated heterocycles. The molecule has 17 heavy (non-hydrogen) atoms. The summed E-state index contributed by atoms with van der Waals surface area (Å²) in [5.41, 5.74) is 0.786. The number of aromatic hydroxyl groups is 1. The SMILES string of the molecule is CN(Cc1ccccc1O)C(=O)C1CCNC1. The second-order valence-corrected chi connectivity index (χ2v) is 4.51. The molecular weight excluding hydrogens is 216 g/mol. The van der Waals surface area contributed by atoms with Gasteiger partial charge in [0.1, 0.15) is 5.75 Å². The van der Waals surface area contributed by atoms with E-state index in [0.29, 0.717) is 6.54 Å². The molecule has 1 aliphatic heterocycles. The smallest absolute Gasteiger partial charge is 0.227 e. The van der Waals surface area contributed by atoms with Gasteiger partial charge in [0.2, 0.25) is 5.91 Å². The quantitative estimate of drug-likeness (QED) is 0.819. The minimum atomic E-state index is 0.0888. The Morgan fingerprint density at radius 2 is 2.29 bits per heavy atom. The van der Waals surface area contributed by atoms with E-state index < -0.39 is 0 Å². The van der Waals surface area contributed by atoms with E-state index in [9.17, 15) is 9.90 Å². The van der Waals surface area contributed by atoms with E-state index >= 15 is 0 Å². The highest BCUT2D eigenvalue weighted by Crippen LogP contribution is 2.19. The summed E-state index contributed by atoms with van der Waals surface area (Å²) in [6.45, 7) is 2.15. The topological polar surface area (TPSA) is 52.6 Å². The van der Waals surface area contributed by atoms with Crippen LogP contribution in [0, 0.1) is 5.92 Å². The van der Waals surface area contributed by atoms with Gasteiger partial charge in [-0.15, -0.1) is 0 Å². The summed E-state index contributed by atoms with van der Waals surface area (Å²) in [5.74, 6) is 0.487. The van der Waals surface area contributed by atoms with Crippen LogP contribution < -0.4 is 5.32 Å². The fraction of sp³-hybridized carbons (Fsp3) is 0.462. The summed E-state index contributed by atoms with van der Waals surface area (Å²) in [4.78, 5) is 13.8. The second-order valence-electron chi connectivity index (χ2n) is 4.51. The number of nitrogens with zero attached hydrogens (tertiary/aromatic N) is 1. The number of carbonyl (C=O) groups is 1. The fourth-order valence-electron chi connectivity index (χ4n) is 2.16. The number of carbonyl (C=O) groups excluding carboxylic acids is 1. The molecule has 0 aliphatic carbocycles. The third-order valence-corrected chi connectivity index (χ3v) is 3.18. The van der Waals surface area contributed by atoms with Gasteiger partial charge in [0, 0.05) is 25.7 Å². The summed E-state index contributed by atoms with van der Waals surface area (Å²) < 4.78 is 0. The Morgan fingerprint density at radius 1 is 1.53 bits per heavy atom. The Morgan fingerprint density at radius 3 is 2.94 bits per heavy atom. The minimum absolute atomic E-state index is 0.0888. The molecule has 1 atom stereocenters. The maximum Gasteiger partial charge on any atom is 0.227 e. The number of nitrogens with one attached hydrogen (secondary N) is 1. The van der Waals surface area contributed by atoms with Crippen LogP contribution in [-0.2, 0) is 11.3 Å². The van der Waals surface area contributed by atoms with Crippen LogP contribution in [0.25, 0.3) is 0 Å². The predicted molar refractivity (Wildman–Crippen MR) is 65.6 cm³/mol. The average molecular weight is 234 g/mol. The van der Waals surface area contributed by atoms with Crippen LogP contribution in [0.15, 0.2) is 24.3 Å². The van der Waals surface area contributed by atoms with Crippen molar-refractivity contribution < 1.29 is 9.90 Å². The first-order valence-corrected chi connectivity index (χ1v) is 5.91. The first-order chi connectivity index (χ1) is 8.18. The molecule has 0 radical (unpaired) electrons. The highest BCUT2D eigenvalue weighted by atomic mass is 16.3. The predicted octanol–water partition coefficient (Wildman–Crippen LogP) is 0.960. The van der Waals surface area contributed by atoms with Gasteiger partial charge in [-0.3, -0.25) is 4.79 Å². The molecule has 0 bridgehead atoms. The highest BCUT2D eigenvalue weighted by Gasteiger charge is 2.25. The molecule has 2 N–H and O–H groups in total. The Labute approximate surface area is 101 Å². The molecule has 1 fully saturated rings. The number of phenolic OH excluding ortho intramolecular Hbond substituents is 1. The first kappa shape index (κ1) is 11.9. The maximum absolute atomic E-state index is 12.1. The van der Waals surface area contributed by atoms with Crippen LogP contribution in [0.2, 0.25) is 0 Å². The Balaban J connectivity index is 1.99. The Bertz CT molecular complexity index is 400. The summed E-state index contributed by atoms with van der Waals surface area (Å²) in [6, 6.07) is 7.13. The monoisotopic (exact) mass is 234 g/mol. The number of hydrogen-bond acceptors (Lipinski definition) is 3. The van der Waals surface area contributed by atoms with E-state index in [1.54, 1.807) is 24.1 Å². The molecule has 0 spiro atoms. The van der Waals surface area contributed by atoms with Gasteiger partial charge in [0.15, 0.2) is 0 Å². The number of hydrogen-bond donors (Lipinski definition) is 2. The van der Waals surface area contributed by atoms with Crippen molar-refractivity contribution in [3.8, 4) is 5.75 Å².